The van der Waals surface area contributed by atoms with Crippen LogP contribution in [0.2, 0.25) is 0 Å². The highest BCUT2D eigenvalue weighted by Gasteiger charge is 2.26. The normalized spacial score (nSPS) is 12.0. The number of nitrogens with zero attached hydrogens (tertiary/aromatic N) is 2. The number of rotatable bonds is 5. The van der Waals surface area contributed by atoms with E-state index < -0.39 is 5.97 Å². The van der Waals surface area contributed by atoms with Crippen molar-refractivity contribution in [3.8, 4) is 0 Å². The summed E-state index contributed by atoms with van der Waals surface area (Å²) >= 11 is 0. The Kier molecular flexibility index (Phi) is 3.81. The quantitative estimate of drug-likeness (QED) is 0.912. The molecule has 2 aromatic rings. The monoisotopic (exact) mass is 276 g/mol. The minimum absolute atomic E-state index is 0.273. The van der Waals surface area contributed by atoms with E-state index in [0.717, 1.165) is 23.3 Å². The first kappa shape index (κ1) is 14.5. The van der Waals surface area contributed by atoms with Crippen molar-refractivity contribution in [2.45, 2.75) is 32.7 Å². The van der Waals surface area contributed by atoms with Crippen LogP contribution in [0.15, 0.2) is 18.2 Å². The molecule has 20 heavy (non-hydrogen) atoms. The molecule has 0 atom stereocenters. The molecule has 0 spiro atoms. The Bertz CT molecular complexity index is 644. The molecule has 0 saturated carbocycles. The zero-order chi connectivity index (χ0) is 14.9. The van der Waals surface area contributed by atoms with Gasteiger partial charge in [-0.2, -0.15) is 0 Å². The summed E-state index contributed by atoms with van der Waals surface area (Å²) in [4.78, 5) is 15.7. The number of carboxylic acids is 1. The van der Waals surface area contributed by atoms with Crippen molar-refractivity contribution in [3.05, 3.63) is 29.6 Å². The molecular formula is C15H20N2O3. The van der Waals surface area contributed by atoms with Crippen molar-refractivity contribution in [1.29, 1.82) is 0 Å². The first-order valence-corrected chi connectivity index (χ1v) is 6.64. The SMILES string of the molecule is CCc1nc2ccc(C(=O)O)cc2n1C(C)(C)COC. The van der Waals surface area contributed by atoms with Crippen molar-refractivity contribution in [2.75, 3.05) is 13.7 Å². The Hall–Kier alpha value is -1.88. The third kappa shape index (κ3) is 2.41. The number of benzene rings is 1. The Labute approximate surface area is 118 Å². The molecule has 5 nitrogen and oxygen atoms in total. The van der Waals surface area contributed by atoms with E-state index in [-0.39, 0.29) is 11.1 Å². The van der Waals surface area contributed by atoms with Gasteiger partial charge in [-0.25, -0.2) is 9.78 Å². The fourth-order valence-corrected chi connectivity index (χ4v) is 2.59. The summed E-state index contributed by atoms with van der Waals surface area (Å²) in [6.45, 7) is 6.69. The average Bonchev–Trinajstić information content (AvgIpc) is 2.76. The van der Waals surface area contributed by atoms with Crippen molar-refractivity contribution in [2.24, 2.45) is 0 Å². The summed E-state index contributed by atoms with van der Waals surface area (Å²) in [7, 11) is 1.66. The molecule has 0 unspecified atom stereocenters. The van der Waals surface area contributed by atoms with Gasteiger partial charge >= 0.3 is 5.97 Å². The molecular weight excluding hydrogens is 256 g/mol. The van der Waals surface area contributed by atoms with Crippen LogP contribution < -0.4 is 0 Å². The number of fused-ring (bicyclic) bond motifs is 1. The highest BCUT2D eigenvalue weighted by Crippen LogP contribution is 2.27. The Morgan fingerprint density at radius 3 is 2.70 bits per heavy atom. The molecule has 0 saturated heterocycles. The van der Waals surface area contributed by atoms with E-state index in [1.807, 2.05) is 6.92 Å². The van der Waals surface area contributed by atoms with Gasteiger partial charge in [0.15, 0.2) is 0 Å². The minimum atomic E-state index is -0.928. The van der Waals surface area contributed by atoms with Gasteiger partial charge in [0.05, 0.1) is 28.7 Å². The Morgan fingerprint density at radius 1 is 1.45 bits per heavy atom. The standard InChI is InChI=1S/C15H20N2O3/c1-5-13-16-11-7-6-10(14(18)19)8-12(11)17(13)15(2,3)9-20-4/h6-8H,5,9H2,1-4H3,(H,18,19). The number of carbonyl (C=O) groups is 1. The van der Waals surface area contributed by atoms with Gasteiger partial charge in [0.25, 0.3) is 0 Å². The maximum absolute atomic E-state index is 11.2. The largest absolute Gasteiger partial charge is 0.478 e. The average molecular weight is 276 g/mol. The molecule has 0 bridgehead atoms. The Balaban J connectivity index is 2.71. The van der Waals surface area contributed by atoms with E-state index in [4.69, 9.17) is 9.84 Å². The summed E-state index contributed by atoms with van der Waals surface area (Å²) in [5.41, 5.74) is 1.64. The first-order chi connectivity index (χ1) is 9.40. The lowest BCUT2D eigenvalue weighted by molar-refractivity contribution is 0.0697. The second-order valence-corrected chi connectivity index (χ2v) is 5.47. The summed E-state index contributed by atoms with van der Waals surface area (Å²) < 4.78 is 7.37. The van der Waals surface area contributed by atoms with E-state index in [0.29, 0.717) is 6.61 Å². The Morgan fingerprint density at radius 2 is 2.15 bits per heavy atom. The smallest absolute Gasteiger partial charge is 0.335 e. The topological polar surface area (TPSA) is 64.3 Å². The molecule has 0 fully saturated rings. The van der Waals surface area contributed by atoms with Gasteiger partial charge in [-0.05, 0) is 32.0 Å². The van der Waals surface area contributed by atoms with E-state index in [2.05, 4.69) is 23.4 Å². The lowest BCUT2D eigenvalue weighted by Gasteiger charge is -2.28. The van der Waals surface area contributed by atoms with E-state index in [9.17, 15) is 4.79 Å². The second kappa shape index (κ2) is 5.25. The second-order valence-electron chi connectivity index (χ2n) is 5.47. The zero-order valence-corrected chi connectivity index (χ0v) is 12.3. The molecule has 0 amide bonds. The molecule has 1 aromatic heterocycles. The number of carboxylic acid groups (broad SMARTS) is 1. The maximum Gasteiger partial charge on any atom is 0.335 e. The van der Waals surface area contributed by atoms with Crippen LogP contribution in [0, 0.1) is 0 Å². The van der Waals surface area contributed by atoms with Crippen LogP contribution in [0.1, 0.15) is 37.0 Å². The molecule has 1 heterocycles. The number of methoxy groups -OCH3 is 1. The molecule has 0 radical (unpaired) electrons. The van der Waals surface area contributed by atoms with Gasteiger partial charge in [-0.3, -0.25) is 0 Å². The maximum atomic E-state index is 11.2. The molecule has 108 valence electrons. The van der Waals surface area contributed by atoms with Gasteiger partial charge in [-0.1, -0.05) is 6.92 Å². The number of ether oxygens (including phenoxy) is 1. The fraction of sp³-hybridized carbons (Fsp3) is 0.467. The predicted octanol–water partition coefficient (Wildman–Crippen LogP) is 2.68. The summed E-state index contributed by atoms with van der Waals surface area (Å²) in [5.74, 6) is 0.00633. The summed E-state index contributed by atoms with van der Waals surface area (Å²) in [6.07, 6.45) is 0.782. The molecule has 2 rings (SSSR count). The molecule has 0 aliphatic heterocycles. The molecule has 0 aliphatic rings. The lowest BCUT2D eigenvalue weighted by Crippen LogP contribution is -2.32. The van der Waals surface area contributed by atoms with Crippen LogP contribution in [-0.4, -0.2) is 34.3 Å². The van der Waals surface area contributed by atoms with Gasteiger partial charge in [0.2, 0.25) is 0 Å². The number of hydrogen-bond acceptors (Lipinski definition) is 3. The van der Waals surface area contributed by atoms with E-state index in [1.54, 1.807) is 25.3 Å². The van der Waals surface area contributed by atoms with Crippen molar-refractivity contribution < 1.29 is 14.6 Å². The van der Waals surface area contributed by atoms with Crippen LogP contribution in [0.25, 0.3) is 11.0 Å². The van der Waals surface area contributed by atoms with E-state index >= 15 is 0 Å². The van der Waals surface area contributed by atoms with Crippen LogP contribution in [0.4, 0.5) is 0 Å². The zero-order valence-electron chi connectivity index (χ0n) is 12.3. The van der Waals surface area contributed by atoms with Gasteiger partial charge in [0, 0.05) is 13.5 Å². The summed E-state index contributed by atoms with van der Waals surface area (Å²) in [6, 6.07) is 5.03. The number of imidazole rings is 1. The van der Waals surface area contributed by atoms with Crippen molar-refractivity contribution in [3.63, 3.8) is 0 Å². The number of hydrogen-bond donors (Lipinski definition) is 1. The highest BCUT2D eigenvalue weighted by molar-refractivity contribution is 5.92. The van der Waals surface area contributed by atoms with Crippen LogP contribution in [0.3, 0.4) is 0 Å². The minimum Gasteiger partial charge on any atom is -0.478 e. The number of aromatic nitrogens is 2. The molecule has 0 aliphatic carbocycles. The van der Waals surface area contributed by atoms with Gasteiger partial charge < -0.3 is 14.4 Å². The van der Waals surface area contributed by atoms with Crippen LogP contribution in [-0.2, 0) is 16.7 Å². The molecule has 1 aromatic carbocycles. The highest BCUT2D eigenvalue weighted by atomic mass is 16.5. The summed E-state index contributed by atoms with van der Waals surface area (Å²) in [5, 5.41) is 9.15. The third-order valence-corrected chi connectivity index (χ3v) is 3.39. The predicted molar refractivity (Wildman–Crippen MR) is 77.3 cm³/mol. The molecule has 5 heteroatoms. The molecule has 1 N–H and O–H groups in total. The van der Waals surface area contributed by atoms with Gasteiger partial charge in [0.1, 0.15) is 5.82 Å². The van der Waals surface area contributed by atoms with Crippen molar-refractivity contribution in [1.82, 2.24) is 9.55 Å². The number of aryl methyl sites for hydroxylation is 1. The lowest BCUT2D eigenvalue weighted by atomic mass is 10.1. The van der Waals surface area contributed by atoms with Gasteiger partial charge in [-0.15, -0.1) is 0 Å². The fourth-order valence-electron chi connectivity index (χ4n) is 2.59. The van der Waals surface area contributed by atoms with Crippen LogP contribution >= 0.6 is 0 Å². The first-order valence-electron chi connectivity index (χ1n) is 6.64. The number of aromatic carboxylic acids is 1. The van der Waals surface area contributed by atoms with E-state index in [1.165, 1.54) is 0 Å². The van der Waals surface area contributed by atoms with Crippen LogP contribution in [0.5, 0.6) is 0 Å². The third-order valence-electron chi connectivity index (χ3n) is 3.39. The van der Waals surface area contributed by atoms with Crippen molar-refractivity contribution >= 4 is 17.0 Å².